The molecule has 0 aliphatic carbocycles. The van der Waals surface area contributed by atoms with Gasteiger partial charge in [0, 0.05) is 15.6 Å². The Morgan fingerprint density at radius 2 is 1.53 bits per heavy atom. The SMILES string of the molecule is O=S1(=O)c2cc(F)ccc2-c2ccc(Br)cc21. The maximum Gasteiger partial charge on any atom is 0.207 e. The van der Waals surface area contributed by atoms with Crippen molar-refractivity contribution in [2.45, 2.75) is 9.79 Å². The summed E-state index contributed by atoms with van der Waals surface area (Å²) in [5.41, 5.74) is 1.19. The normalized spacial score (nSPS) is 15.4. The largest absolute Gasteiger partial charge is 0.218 e. The molecule has 0 radical (unpaired) electrons. The van der Waals surface area contributed by atoms with Crippen molar-refractivity contribution in [2.75, 3.05) is 0 Å². The van der Waals surface area contributed by atoms with Crippen molar-refractivity contribution < 1.29 is 12.8 Å². The predicted octanol–water partition coefficient (Wildman–Crippen LogP) is 3.40. The van der Waals surface area contributed by atoms with Gasteiger partial charge in [0.1, 0.15) is 5.82 Å². The van der Waals surface area contributed by atoms with Crippen molar-refractivity contribution in [3.63, 3.8) is 0 Å². The molecule has 1 aliphatic rings. The highest BCUT2D eigenvalue weighted by Gasteiger charge is 2.33. The van der Waals surface area contributed by atoms with Crippen molar-refractivity contribution in [1.29, 1.82) is 0 Å². The first-order chi connectivity index (χ1) is 8.00. The standard InChI is InChI=1S/C12H6BrFO2S/c13-7-1-3-9-10-4-2-8(14)6-12(10)17(15,16)11(9)5-7/h1-6H. The van der Waals surface area contributed by atoms with Crippen LogP contribution in [-0.2, 0) is 9.84 Å². The molecule has 0 fully saturated rings. The van der Waals surface area contributed by atoms with E-state index in [2.05, 4.69) is 15.9 Å². The summed E-state index contributed by atoms with van der Waals surface area (Å²) >= 11 is 3.24. The maximum absolute atomic E-state index is 13.1. The predicted molar refractivity (Wildman–Crippen MR) is 65.0 cm³/mol. The van der Waals surface area contributed by atoms with Gasteiger partial charge in [0.05, 0.1) is 9.79 Å². The lowest BCUT2D eigenvalue weighted by Gasteiger charge is -1.98. The first-order valence-electron chi connectivity index (χ1n) is 4.85. The molecule has 5 heteroatoms. The average Bonchev–Trinajstić information content (AvgIpc) is 2.49. The molecule has 0 saturated carbocycles. The fraction of sp³-hybridized carbons (Fsp3) is 0. The van der Waals surface area contributed by atoms with Gasteiger partial charge in [-0.1, -0.05) is 28.1 Å². The third-order valence-electron chi connectivity index (χ3n) is 2.76. The Morgan fingerprint density at radius 3 is 2.24 bits per heavy atom. The molecule has 1 aliphatic heterocycles. The molecule has 17 heavy (non-hydrogen) atoms. The molecular weight excluding hydrogens is 307 g/mol. The van der Waals surface area contributed by atoms with Crippen LogP contribution in [0.2, 0.25) is 0 Å². The molecule has 1 heterocycles. The number of halogens is 2. The number of hydrogen-bond acceptors (Lipinski definition) is 2. The minimum absolute atomic E-state index is 0.0469. The van der Waals surface area contributed by atoms with E-state index in [0.717, 1.165) is 6.07 Å². The number of hydrogen-bond donors (Lipinski definition) is 0. The topological polar surface area (TPSA) is 34.1 Å². The summed E-state index contributed by atoms with van der Waals surface area (Å²) in [6, 6.07) is 8.88. The minimum atomic E-state index is -3.58. The van der Waals surface area contributed by atoms with Crippen LogP contribution in [0.1, 0.15) is 0 Å². The zero-order valence-electron chi connectivity index (χ0n) is 8.44. The van der Waals surface area contributed by atoms with E-state index in [-0.39, 0.29) is 9.79 Å². The molecule has 0 N–H and O–H groups in total. The Morgan fingerprint density at radius 1 is 0.941 bits per heavy atom. The highest BCUT2D eigenvalue weighted by molar-refractivity contribution is 9.10. The van der Waals surface area contributed by atoms with Gasteiger partial charge >= 0.3 is 0 Å². The van der Waals surface area contributed by atoms with Crippen molar-refractivity contribution in [3.05, 3.63) is 46.7 Å². The van der Waals surface area contributed by atoms with E-state index in [1.807, 2.05) is 0 Å². The number of benzene rings is 2. The van der Waals surface area contributed by atoms with E-state index in [1.54, 1.807) is 18.2 Å². The second kappa shape index (κ2) is 3.40. The van der Waals surface area contributed by atoms with Crippen LogP contribution in [-0.4, -0.2) is 8.42 Å². The molecule has 0 amide bonds. The van der Waals surface area contributed by atoms with Crippen LogP contribution in [0.3, 0.4) is 0 Å². The molecule has 2 nitrogen and oxygen atoms in total. The third-order valence-corrected chi connectivity index (χ3v) is 5.08. The molecule has 0 saturated heterocycles. The molecular formula is C12H6BrFO2S. The summed E-state index contributed by atoms with van der Waals surface area (Å²) in [5, 5.41) is 0. The lowest BCUT2D eigenvalue weighted by atomic mass is 10.1. The van der Waals surface area contributed by atoms with E-state index < -0.39 is 15.7 Å². The van der Waals surface area contributed by atoms with Crippen LogP contribution in [0.15, 0.2) is 50.7 Å². The Labute approximate surface area is 106 Å². The van der Waals surface area contributed by atoms with Crippen molar-refractivity contribution in [3.8, 4) is 11.1 Å². The molecule has 0 atom stereocenters. The van der Waals surface area contributed by atoms with E-state index >= 15 is 0 Å². The van der Waals surface area contributed by atoms with Crippen LogP contribution < -0.4 is 0 Å². The molecule has 0 spiro atoms. The zero-order chi connectivity index (χ0) is 12.2. The van der Waals surface area contributed by atoms with Crippen LogP contribution in [0, 0.1) is 5.82 Å². The van der Waals surface area contributed by atoms with Crippen molar-refractivity contribution in [1.82, 2.24) is 0 Å². The summed E-state index contributed by atoms with van der Waals surface area (Å²) in [6.45, 7) is 0. The summed E-state index contributed by atoms with van der Waals surface area (Å²) in [6.07, 6.45) is 0. The van der Waals surface area contributed by atoms with Gasteiger partial charge in [-0.15, -0.1) is 0 Å². The Bertz CT molecular complexity index is 681. The van der Waals surface area contributed by atoms with E-state index in [4.69, 9.17) is 0 Å². The van der Waals surface area contributed by atoms with Gasteiger partial charge in [-0.25, -0.2) is 12.8 Å². The smallest absolute Gasteiger partial charge is 0.207 e. The molecule has 0 bridgehead atoms. The third kappa shape index (κ3) is 1.46. The van der Waals surface area contributed by atoms with Crippen molar-refractivity contribution in [2.24, 2.45) is 0 Å². The van der Waals surface area contributed by atoms with E-state index in [1.165, 1.54) is 12.1 Å². The Kier molecular flexibility index (Phi) is 2.18. The first kappa shape index (κ1) is 10.9. The van der Waals surface area contributed by atoms with Crippen LogP contribution >= 0.6 is 15.9 Å². The van der Waals surface area contributed by atoms with Gasteiger partial charge in [-0.05, 0) is 24.3 Å². The number of sulfone groups is 1. The fourth-order valence-electron chi connectivity index (χ4n) is 2.00. The number of fused-ring (bicyclic) bond motifs is 3. The zero-order valence-corrected chi connectivity index (χ0v) is 10.8. The minimum Gasteiger partial charge on any atom is -0.218 e. The summed E-state index contributed by atoms with van der Waals surface area (Å²) < 4.78 is 38.2. The Balaban J connectivity index is 2.46. The summed E-state index contributed by atoms with van der Waals surface area (Å²) in [4.78, 5) is 0.276. The van der Waals surface area contributed by atoms with Crippen LogP contribution in [0.4, 0.5) is 4.39 Å². The molecule has 2 aromatic carbocycles. The second-order valence-electron chi connectivity index (χ2n) is 3.78. The monoisotopic (exact) mass is 312 g/mol. The lowest BCUT2D eigenvalue weighted by Crippen LogP contribution is -1.96. The fourth-order valence-corrected chi connectivity index (χ4v) is 4.23. The van der Waals surface area contributed by atoms with Crippen LogP contribution in [0.5, 0.6) is 0 Å². The Hall–Kier alpha value is -1.20. The average molecular weight is 313 g/mol. The van der Waals surface area contributed by atoms with Gasteiger partial charge in [0.15, 0.2) is 0 Å². The molecule has 0 aromatic heterocycles. The summed E-state index contributed by atoms with van der Waals surface area (Å²) in [5.74, 6) is -0.542. The lowest BCUT2D eigenvalue weighted by molar-refractivity contribution is 0.594. The first-order valence-corrected chi connectivity index (χ1v) is 7.12. The maximum atomic E-state index is 13.1. The quantitative estimate of drug-likeness (QED) is 0.637. The van der Waals surface area contributed by atoms with Gasteiger partial charge < -0.3 is 0 Å². The van der Waals surface area contributed by atoms with Gasteiger partial charge in [-0.3, -0.25) is 0 Å². The van der Waals surface area contributed by atoms with Gasteiger partial charge in [0.25, 0.3) is 0 Å². The molecule has 0 unspecified atom stereocenters. The van der Waals surface area contributed by atoms with Crippen LogP contribution in [0.25, 0.3) is 11.1 Å². The van der Waals surface area contributed by atoms with Gasteiger partial charge in [-0.2, -0.15) is 0 Å². The second-order valence-corrected chi connectivity index (χ2v) is 6.59. The number of rotatable bonds is 0. The van der Waals surface area contributed by atoms with Gasteiger partial charge in [0.2, 0.25) is 9.84 Å². The molecule has 2 aromatic rings. The molecule has 3 rings (SSSR count). The van der Waals surface area contributed by atoms with E-state index in [0.29, 0.717) is 15.6 Å². The highest BCUT2D eigenvalue weighted by atomic mass is 79.9. The summed E-state index contributed by atoms with van der Waals surface area (Å²) in [7, 11) is -3.58. The highest BCUT2D eigenvalue weighted by Crippen LogP contribution is 2.44. The van der Waals surface area contributed by atoms with Crippen molar-refractivity contribution >= 4 is 25.8 Å². The molecule has 86 valence electrons. The van der Waals surface area contributed by atoms with E-state index in [9.17, 15) is 12.8 Å².